The summed E-state index contributed by atoms with van der Waals surface area (Å²) in [5, 5.41) is 10.6. The molecule has 4 nitrogen and oxygen atoms in total. The highest BCUT2D eigenvalue weighted by molar-refractivity contribution is 5.43. The molecule has 4 heteroatoms. The van der Waals surface area contributed by atoms with E-state index in [4.69, 9.17) is 9.47 Å². The number of rotatable bonds is 6. The second-order valence-electron chi connectivity index (χ2n) is 5.36. The Balaban J connectivity index is 2.12. The molecular weight excluding hydrogens is 266 g/mol. The maximum absolute atomic E-state index is 10.6. The van der Waals surface area contributed by atoms with Crippen molar-refractivity contribution >= 4 is 0 Å². The lowest BCUT2D eigenvalue weighted by atomic mass is 9.91. The quantitative estimate of drug-likeness (QED) is 0.887. The van der Waals surface area contributed by atoms with Gasteiger partial charge in [0.2, 0.25) is 0 Å². The van der Waals surface area contributed by atoms with Crippen LogP contribution in [0.3, 0.4) is 0 Å². The Labute approximate surface area is 125 Å². The van der Waals surface area contributed by atoms with Gasteiger partial charge in [0, 0.05) is 24.7 Å². The van der Waals surface area contributed by atoms with E-state index in [1.165, 1.54) is 0 Å². The maximum Gasteiger partial charge on any atom is 0.160 e. The third-order valence-corrected chi connectivity index (χ3v) is 3.32. The van der Waals surface area contributed by atoms with Gasteiger partial charge >= 0.3 is 0 Å². The number of nitrogens with zero attached hydrogens (tertiary/aromatic N) is 1. The van der Waals surface area contributed by atoms with Gasteiger partial charge in [-0.25, -0.2) is 0 Å². The Morgan fingerprint density at radius 2 is 1.81 bits per heavy atom. The zero-order chi connectivity index (χ0) is 15.3. The number of aromatic nitrogens is 1. The minimum Gasteiger partial charge on any atom is -0.493 e. The summed E-state index contributed by atoms with van der Waals surface area (Å²) in [4.78, 5) is 4.26. The molecule has 0 saturated carbocycles. The summed E-state index contributed by atoms with van der Waals surface area (Å²) < 4.78 is 10.5. The normalized spacial score (nSPS) is 13.5. The lowest BCUT2D eigenvalue weighted by molar-refractivity contribution is 0.0598. The van der Waals surface area contributed by atoms with E-state index in [1.54, 1.807) is 20.4 Å². The molecule has 1 N–H and O–H groups in total. The lowest BCUT2D eigenvalue weighted by Crippen LogP contribution is -2.30. The lowest BCUT2D eigenvalue weighted by Gasteiger charge is -2.23. The number of hydrogen-bond donors (Lipinski definition) is 1. The van der Waals surface area contributed by atoms with E-state index < -0.39 is 5.60 Å². The smallest absolute Gasteiger partial charge is 0.160 e. The van der Waals surface area contributed by atoms with Crippen LogP contribution in [0, 0.1) is 0 Å². The molecule has 0 spiro atoms. The number of aliphatic hydroxyl groups is 1. The fourth-order valence-corrected chi connectivity index (χ4v) is 2.39. The second-order valence-corrected chi connectivity index (χ2v) is 5.36. The molecule has 0 amide bonds. The molecule has 21 heavy (non-hydrogen) atoms. The topological polar surface area (TPSA) is 51.6 Å². The summed E-state index contributed by atoms with van der Waals surface area (Å²) in [5.41, 5.74) is 1.00. The van der Waals surface area contributed by atoms with Crippen LogP contribution < -0.4 is 9.47 Å². The van der Waals surface area contributed by atoms with E-state index in [-0.39, 0.29) is 0 Å². The van der Waals surface area contributed by atoms with Gasteiger partial charge in [-0.1, -0.05) is 12.1 Å². The van der Waals surface area contributed by atoms with Crippen molar-refractivity contribution in [2.24, 2.45) is 0 Å². The second kappa shape index (κ2) is 6.59. The Hall–Kier alpha value is -2.07. The summed E-state index contributed by atoms with van der Waals surface area (Å²) >= 11 is 0. The molecule has 0 radical (unpaired) electrons. The van der Waals surface area contributed by atoms with Gasteiger partial charge in [-0.05, 0) is 36.8 Å². The summed E-state index contributed by atoms with van der Waals surface area (Å²) in [5.74, 6) is 1.36. The van der Waals surface area contributed by atoms with Crippen LogP contribution >= 0.6 is 0 Å². The Bertz CT molecular complexity index is 582. The van der Waals surface area contributed by atoms with E-state index in [0.29, 0.717) is 24.3 Å². The van der Waals surface area contributed by atoms with E-state index in [2.05, 4.69) is 4.98 Å². The van der Waals surface area contributed by atoms with Crippen molar-refractivity contribution in [2.75, 3.05) is 14.2 Å². The largest absolute Gasteiger partial charge is 0.493 e. The summed E-state index contributed by atoms with van der Waals surface area (Å²) in [6, 6.07) is 11.4. The molecule has 1 atom stereocenters. The number of hydrogen-bond acceptors (Lipinski definition) is 4. The third-order valence-electron chi connectivity index (χ3n) is 3.32. The molecule has 0 bridgehead atoms. The minimum absolute atomic E-state index is 0.502. The molecule has 0 aliphatic rings. The van der Waals surface area contributed by atoms with Crippen molar-refractivity contribution in [2.45, 2.75) is 25.4 Å². The maximum atomic E-state index is 10.6. The van der Waals surface area contributed by atoms with Gasteiger partial charge in [-0.3, -0.25) is 4.98 Å². The molecule has 0 saturated heterocycles. The van der Waals surface area contributed by atoms with Crippen molar-refractivity contribution in [1.29, 1.82) is 0 Å². The van der Waals surface area contributed by atoms with E-state index in [0.717, 1.165) is 11.3 Å². The molecule has 0 aliphatic carbocycles. The van der Waals surface area contributed by atoms with E-state index in [1.807, 2.05) is 43.3 Å². The molecular formula is C17H21NO3. The van der Waals surface area contributed by atoms with Gasteiger partial charge in [-0.15, -0.1) is 0 Å². The molecule has 112 valence electrons. The minimum atomic E-state index is -0.867. The molecule has 1 aromatic heterocycles. The summed E-state index contributed by atoms with van der Waals surface area (Å²) in [6.07, 6.45) is 2.76. The third kappa shape index (κ3) is 4.20. The van der Waals surface area contributed by atoms with Crippen LogP contribution in [0.1, 0.15) is 18.2 Å². The predicted octanol–water partition coefficient (Wildman–Crippen LogP) is 2.64. The first-order valence-electron chi connectivity index (χ1n) is 6.87. The van der Waals surface area contributed by atoms with Gasteiger partial charge in [0.15, 0.2) is 11.5 Å². The molecule has 2 aromatic rings. The van der Waals surface area contributed by atoms with Crippen LogP contribution in [0.2, 0.25) is 0 Å². The first-order valence-corrected chi connectivity index (χ1v) is 6.87. The first kappa shape index (κ1) is 15.3. The SMILES string of the molecule is COc1ccc(CC(C)(O)Cc2ccccn2)cc1OC. The van der Waals surface area contributed by atoms with E-state index >= 15 is 0 Å². The van der Waals surface area contributed by atoms with Gasteiger partial charge in [0.25, 0.3) is 0 Å². The molecule has 1 unspecified atom stereocenters. The molecule has 1 heterocycles. The first-order chi connectivity index (χ1) is 10.0. The predicted molar refractivity (Wildman–Crippen MR) is 81.8 cm³/mol. The monoisotopic (exact) mass is 287 g/mol. The van der Waals surface area contributed by atoms with Crippen LogP contribution in [-0.4, -0.2) is 29.9 Å². The fourth-order valence-electron chi connectivity index (χ4n) is 2.39. The van der Waals surface area contributed by atoms with Crippen molar-refractivity contribution in [1.82, 2.24) is 4.98 Å². The van der Waals surface area contributed by atoms with Crippen molar-refractivity contribution in [3.05, 3.63) is 53.9 Å². The molecule has 0 aliphatic heterocycles. The van der Waals surface area contributed by atoms with Gasteiger partial charge < -0.3 is 14.6 Å². The van der Waals surface area contributed by atoms with Crippen molar-refractivity contribution in [3.63, 3.8) is 0 Å². The van der Waals surface area contributed by atoms with Crippen molar-refractivity contribution in [3.8, 4) is 11.5 Å². The number of ether oxygens (including phenoxy) is 2. The zero-order valence-corrected chi connectivity index (χ0v) is 12.7. The fraction of sp³-hybridized carbons (Fsp3) is 0.353. The van der Waals surface area contributed by atoms with Crippen LogP contribution in [-0.2, 0) is 12.8 Å². The molecule has 2 rings (SSSR count). The standard InChI is InChI=1S/C17H21NO3/c1-17(19,12-14-6-4-5-9-18-14)11-13-7-8-15(20-2)16(10-13)21-3/h4-10,19H,11-12H2,1-3H3. The number of benzene rings is 1. The highest BCUT2D eigenvalue weighted by Gasteiger charge is 2.22. The number of methoxy groups -OCH3 is 2. The van der Waals surface area contributed by atoms with E-state index in [9.17, 15) is 5.11 Å². The molecule has 0 fully saturated rings. The summed E-state index contributed by atoms with van der Waals surface area (Å²) in [7, 11) is 3.21. The highest BCUT2D eigenvalue weighted by Crippen LogP contribution is 2.29. The average molecular weight is 287 g/mol. The van der Waals surface area contributed by atoms with Crippen LogP contribution in [0.5, 0.6) is 11.5 Å². The van der Waals surface area contributed by atoms with Gasteiger partial charge in [-0.2, -0.15) is 0 Å². The number of pyridine rings is 1. The van der Waals surface area contributed by atoms with Gasteiger partial charge in [0.05, 0.1) is 19.8 Å². The van der Waals surface area contributed by atoms with Crippen LogP contribution in [0.15, 0.2) is 42.6 Å². The van der Waals surface area contributed by atoms with Gasteiger partial charge in [0.1, 0.15) is 0 Å². The average Bonchev–Trinajstić information content (AvgIpc) is 2.47. The Morgan fingerprint density at radius 1 is 1.05 bits per heavy atom. The van der Waals surface area contributed by atoms with Crippen LogP contribution in [0.25, 0.3) is 0 Å². The zero-order valence-electron chi connectivity index (χ0n) is 12.7. The van der Waals surface area contributed by atoms with Crippen LogP contribution in [0.4, 0.5) is 0 Å². The summed E-state index contributed by atoms with van der Waals surface area (Å²) in [6.45, 7) is 1.82. The van der Waals surface area contributed by atoms with Crippen molar-refractivity contribution < 1.29 is 14.6 Å². The highest BCUT2D eigenvalue weighted by atomic mass is 16.5. The Morgan fingerprint density at radius 3 is 2.43 bits per heavy atom. The Kier molecular flexibility index (Phi) is 4.81. The molecule has 1 aromatic carbocycles.